The molecule has 1 heterocycles. The first kappa shape index (κ1) is 19.2. The molecule has 1 N–H and O–H groups in total. The van der Waals surface area contributed by atoms with Crippen molar-refractivity contribution in [3.05, 3.63) is 75.9 Å². The first-order valence-electron chi connectivity index (χ1n) is 10.1. The lowest BCUT2D eigenvalue weighted by Crippen LogP contribution is -2.32. The second-order valence-corrected chi connectivity index (χ2v) is 8.27. The smallest absolute Gasteiger partial charge is 0.271 e. The van der Waals surface area contributed by atoms with Crippen molar-refractivity contribution in [1.29, 1.82) is 0 Å². The third-order valence-electron chi connectivity index (χ3n) is 6.54. The Kier molecular flexibility index (Phi) is 4.25. The van der Waals surface area contributed by atoms with E-state index in [4.69, 9.17) is 0 Å². The molecule has 31 heavy (non-hydrogen) atoms. The van der Waals surface area contributed by atoms with Gasteiger partial charge in [-0.3, -0.25) is 29.4 Å². The number of nitrogens with one attached hydrogen (secondary N) is 1. The van der Waals surface area contributed by atoms with Crippen LogP contribution in [0.3, 0.4) is 0 Å². The molecular weight excluding hydrogens is 398 g/mol. The molecule has 2 fully saturated rings. The second kappa shape index (κ2) is 6.87. The Balaban J connectivity index is 1.35. The predicted octanol–water partition coefficient (Wildman–Crippen LogP) is 3.47. The van der Waals surface area contributed by atoms with Crippen LogP contribution < -0.4 is 10.2 Å². The highest BCUT2D eigenvalue weighted by Crippen LogP contribution is 2.53. The van der Waals surface area contributed by atoms with Crippen LogP contribution in [0.4, 0.5) is 17.1 Å². The lowest BCUT2D eigenvalue weighted by atomic mass is 9.85. The summed E-state index contributed by atoms with van der Waals surface area (Å²) in [5, 5.41) is 13.7. The van der Waals surface area contributed by atoms with Crippen molar-refractivity contribution in [2.75, 3.05) is 10.2 Å². The summed E-state index contributed by atoms with van der Waals surface area (Å²) < 4.78 is 0. The summed E-state index contributed by atoms with van der Waals surface area (Å²) in [4.78, 5) is 50.1. The van der Waals surface area contributed by atoms with Gasteiger partial charge >= 0.3 is 0 Å². The standard InChI is InChI=1S/C23H19N3O5/c1-12-2-7-17(26(30)31)11-18(12)24-21(27)13-5-8-16(9-6-13)25-22(28)19-14-3-4-15(10-14)20(19)23(25)29/h2-9,11,14-15,19-20H,10H2,1H3,(H,24,27)/t14-,15-,19+,20+/m0/s1. The molecule has 0 unspecified atom stereocenters. The first-order chi connectivity index (χ1) is 14.8. The Morgan fingerprint density at radius 3 is 2.23 bits per heavy atom. The molecule has 2 aromatic rings. The molecule has 1 saturated heterocycles. The molecule has 8 heteroatoms. The monoisotopic (exact) mass is 417 g/mol. The molecular formula is C23H19N3O5. The number of allylic oxidation sites excluding steroid dienone is 2. The zero-order valence-corrected chi connectivity index (χ0v) is 16.6. The van der Waals surface area contributed by atoms with Gasteiger partial charge in [-0.2, -0.15) is 0 Å². The maximum atomic E-state index is 12.9. The Morgan fingerprint density at radius 1 is 1.03 bits per heavy atom. The van der Waals surface area contributed by atoms with Crippen molar-refractivity contribution in [3.8, 4) is 0 Å². The van der Waals surface area contributed by atoms with Crippen molar-refractivity contribution >= 4 is 34.8 Å². The van der Waals surface area contributed by atoms with Crippen LogP contribution in [0.5, 0.6) is 0 Å². The van der Waals surface area contributed by atoms with Gasteiger partial charge in [0.05, 0.1) is 28.1 Å². The second-order valence-electron chi connectivity index (χ2n) is 8.27. The number of nitrogens with zero attached hydrogens (tertiary/aromatic N) is 2. The van der Waals surface area contributed by atoms with Crippen molar-refractivity contribution in [3.63, 3.8) is 0 Å². The number of nitro groups is 1. The Labute approximate surface area is 177 Å². The average Bonchev–Trinajstić information content (AvgIpc) is 3.43. The molecule has 0 radical (unpaired) electrons. The van der Waals surface area contributed by atoms with Crippen molar-refractivity contribution in [1.82, 2.24) is 0 Å². The molecule has 3 aliphatic rings. The van der Waals surface area contributed by atoms with E-state index in [-0.39, 0.29) is 41.2 Å². The van der Waals surface area contributed by atoms with Crippen LogP contribution in [-0.2, 0) is 9.59 Å². The molecule has 5 rings (SSSR count). The van der Waals surface area contributed by atoms with E-state index in [2.05, 4.69) is 5.32 Å². The SMILES string of the molecule is Cc1ccc([N+](=O)[O-])cc1NC(=O)c1ccc(N2C(=O)[C@H]3[C@H](C2=O)[C@H]2C=C[C@H]3C2)cc1. The summed E-state index contributed by atoms with van der Waals surface area (Å²) in [5.41, 5.74) is 1.70. The number of aryl methyl sites for hydroxylation is 1. The predicted molar refractivity (Wildman–Crippen MR) is 112 cm³/mol. The van der Waals surface area contributed by atoms with E-state index in [1.165, 1.54) is 17.0 Å². The molecule has 156 valence electrons. The molecule has 4 atom stereocenters. The maximum Gasteiger partial charge on any atom is 0.271 e. The Bertz CT molecular complexity index is 1140. The molecule has 0 spiro atoms. The summed E-state index contributed by atoms with van der Waals surface area (Å²) in [6.07, 6.45) is 4.96. The van der Waals surface area contributed by atoms with Crippen LogP contribution in [0.2, 0.25) is 0 Å². The molecule has 3 amide bonds. The Morgan fingerprint density at radius 2 is 1.65 bits per heavy atom. The number of nitro benzene ring substituents is 1. The summed E-state index contributed by atoms with van der Waals surface area (Å²) >= 11 is 0. The maximum absolute atomic E-state index is 12.9. The summed E-state index contributed by atoms with van der Waals surface area (Å²) in [6.45, 7) is 1.74. The molecule has 8 nitrogen and oxygen atoms in total. The molecule has 1 aliphatic heterocycles. The normalized spacial score (nSPS) is 25.8. The lowest BCUT2D eigenvalue weighted by Gasteiger charge is -2.17. The van der Waals surface area contributed by atoms with Gasteiger partial charge < -0.3 is 5.32 Å². The topological polar surface area (TPSA) is 110 Å². The fraction of sp³-hybridized carbons (Fsp3) is 0.261. The number of hydrogen-bond acceptors (Lipinski definition) is 5. The first-order valence-corrected chi connectivity index (χ1v) is 10.1. The van der Waals surface area contributed by atoms with Gasteiger partial charge in [0.1, 0.15) is 0 Å². The summed E-state index contributed by atoms with van der Waals surface area (Å²) in [7, 11) is 0. The summed E-state index contributed by atoms with van der Waals surface area (Å²) in [6, 6.07) is 10.5. The largest absolute Gasteiger partial charge is 0.321 e. The van der Waals surface area contributed by atoms with Gasteiger partial charge in [-0.05, 0) is 55.0 Å². The number of amides is 3. The zero-order chi connectivity index (χ0) is 21.9. The highest BCUT2D eigenvalue weighted by atomic mass is 16.6. The van der Waals surface area contributed by atoms with E-state index in [1.807, 2.05) is 12.2 Å². The van der Waals surface area contributed by atoms with Gasteiger partial charge in [-0.25, -0.2) is 0 Å². The third-order valence-corrected chi connectivity index (χ3v) is 6.54. The minimum absolute atomic E-state index is 0.115. The van der Waals surface area contributed by atoms with Crippen LogP contribution in [0.1, 0.15) is 22.3 Å². The van der Waals surface area contributed by atoms with Gasteiger partial charge in [-0.15, -0.1) is 0 Å². The number of rotatable bonds is 4. The number of fused-ring (bicyclic) bond motifs is 5. The van der Waals surface area contributed by atoms with Crippen molar-refractivity contribution < 1.29 is 19.3 Å². The van der Waals surface area contributed by atoms with Gasteiger partial charge in [-0.1, -0.05) is 18.2 Å². The van der Waals surface area contributed by atoms with Gasteiger partial charge in [0, 0.05) is 17.7 Å². The van der Waals surface area contributed by atoms with E-state index < -0.39 is 10.8 Å². The Hall–Kier alpha value is -3.81. The number of imide groups is 1. The number of carbonyl (C=O) groups excluding carboxylic acids is 3. The van der Waals surface area contributed by atoms with Crippen LogP contribution in [-0.4, -0.2) is 22.6 Å². The number of benzene rings is 2. The van der Waals surface area contributed by atoms with Gasteiger partial charge in [0.2, 0.25) is 11.8 Å². The van der Waals surface area contributed by atoms with E-state index in [9.17, 15) is 24.5 Å². The quantitative estimate of drug-likeness (QED) is 0.355. The summed E-state index contributed by atoms with van der Waals surface area (Å²) in [5.74, 6) is -1.05. The molecule has 2 aliphatic carbocycles. The van der Waals surface area contributed by atoms with Gasteiger partial charge in [0.15, 0.2) is 0 Å². The molecule has 2 bridgehead atoms. The fourth-order valence-electron chi connectivity index (χ4n) is 4.97. The van der Waals surface area contributed by atoms with Crippen LogP contribution in [0, 0.1) is 40.7 Å². The number of carbonyl (C=O) groups is 3. The van der Waals surface area contributed by atoms with E-state index in [0.29, 0.717) is 22.5 Å². The molecule has 2 aromatic carbocycles. The highest BCUT2D eigenvalue weighted by molar-refractivity contribution is 6.23. The molecule has 0 aromatic heterocycles. The fourth-order valence-corrected chi connectivity index (χ4v) is 4.97. The van der Waals surface area contributed by atoms with E-state index >= 15 is 0 Å². The molecule has 1 saturated carbocycles. The highest BCUT2D eigenvalue weighted by Gasteiger charge is 2.59. The third kappa shape index (κ3) is 2.94. The van der Waals surface area contributed by atoms with Crippen LogP contribution >= 0.6 is 0 Å². The van der Waals surface area contributed by atoms with Crippen molar-refractivity contribution in [2.24, 2.45) is 23.7 Å². The number of non-ortho nitro benzene ring substituents is 1. The average molecular weight is 417 g/mol. The number of hydrogen-bond donors (Lipinski definition) is 1. The minimum Gasteiger partial charge on any atom is -0.321 e. The lowest BCUT2D eigenvalue weighted by molar-refractivity contribution is -0.384. The minimum atomic E-state index is -0.523. The van der Waals surface area contributed by atoms with E-state index in [1.54, 1.807) is 37.3 Å². The van der Waals surface area contributed by atoms with Gasteiger partial charge in [0.25, 0.3) is 11.6 Å². The van der Waals surface area contributed by atoms with Crippen LogP contribution in [0.15, 0.2) is 54.6 Å². The van der Waals surface area contributed by atoms with Crippen LogP contribution in [0.25, 0.3) is 0 Å². The zero-order valence-electron chi connectivity index (χ0n) is 16.6. The van der Waals surface area contributed by atoms with E-state index in [0.717, 1.165) is 6.42 Å². The van der Waals surface area contributed by atoms with Crippen molar-refractivity contribution in [2.45, 2.75) is 13.3 Å². The number of anilines is 2.